The van der Waals surface area contributed by atoms with Crippen molar-refractivity contribution in [3.8, 4) is 0 Å². The number of amides is 1. The van der Waals surface area contributed by atoms with Crippen molar-refractivity contribution in [2.24, 2.45) is 0 Å². The Morgan fingerprint density at radius 3 is 2.70 bits per heavy atom. The molecule has 1 aromatic rings. The van der Waals surface area contributed by atoms with Crippen molar-refractivity contribution in [3.05, 3.63) is 35.4 Å². The summed E-state index contributed by atoms with van der Waals surface area (Å²) in [6, 6.07) is 8.42. The largest absolute Gasteiger partial charge is 0.381 e. The summed E-state index contributed by atoms with van der Waals surface area (Å²) in [6.45, 7) is 4.37. The molecular formula is C16H23NO3. The van der Waals surface area contributed by atoms with E-state index in [2.05, 4.69) is 36.5 Å². The molecule has 0 aliphatic carbocycles. The molecule has 1 aliphatic rings. The van der Waals surface area contributed by atoms with Crippen LogP contribution in [-0.2, 0) is 19.7 Å². The Hall–Kier alpha value is -1.39. The first-order chi connectivity index (χ1) is 9.68. The van der Waals surface area contributed by atoms with Gasteiger partial charge in [-0.15, -0.1) is 0 Å². The molecule has 1 heterocycles. The summed E-state index contributed by atoms with van der Waals surface area (Å²) >= 11 is 0. The molecule has 4 nitrogen and oxygen atoms in total. The van der Waals surface area contributed by atoms with Gasteiger partial charge in [-0.05, 0) is 30.9 Å². The number of rotatable bonds is 5. The standard InChI is InChI=1S/C16H23NO3/c1-13-5-3-4-6-14(13)16(7-9-20-10-8-16)12-17-15(18)11-19-2/h3-6H,7-12H2,1-2H3,(H,17,18). The van der Waals surface area contributed by atoms with Crippen LogP contribution in [0.4, 0.5) is 0 Å². The van der Waals surface area contributed by atoms with Gasteiger partial charge in [0.05, 0.1) is 0 Å². The first kappa shape index (κ1) is 15.0. The maximum Gasteiger partial charge on any atom is 0.246 e. The van der Waals surface area contributed by atoms with Crippen molar-refractivity contribution >= 4 is 5.91 Å². The molecule has 0 bridgehead atoms. The molecule has 1 aromatic carbocycles. The van der Waals surface area contributed by atoms with Gasteiger partial charge in [0.2, 0.25) is 5.91 Å². The molecule has 1 amide bonds. The molecule has 110 valence electrons. The summed E-state index contributed by atoms with van der Waals surface area (Å²) < 4.78 is 10.4. The Morgan fingerprint density at radius 2 is 2.05 bits per heavy atom. The molecule has 0 radical (unpaired) electrons. The van der Waals surface area contributed by atoms with E-state index in [1.807, 2.05) is 0 Å². The molecule has 0 unspecified atom stereocenters. The average molecular weight is 277 g/mol. The van der Waals surface area contributed by atoms with E-state index < -0.39 is 0 Å². The Morgan fingerprint density at radius 1 is 1.35 bits per heavy atom. The normalized spacial score (nSPS) is 17.7. The van der Waals surface area contributed by atoms with E-state index in [0.717, 1.165) is 26.1 Å². The number of methoxy groups -OCH3 is 1. The van der Waals surface area contributed by atoms with Crippen LogP contribution in [0.3, 0.4) is 0 Å². The summed E-state index contributed by atoms with van der Waals surface area (Å²) in [5, 5.41) is 3.00. The van der Waals surface area contributed by atoms with Gasteiger partial charge in [0, 0.05) is 32.3 Å². The highest BCUT2D eigenvalue weighted by Crippen LogP contribution is 2.36. The molecule has 1 fully saturated rings. The van der Waals surface area contributed by atoms with E-state index in [1.54, 1.807) is 0 Å². The number of nitrogens with one attached hydrogen (secondary N) is 1. The van der Waals surface area contributed by atoms with E-state index in [-0.39, 0.29) is 17.9 Å². The number of carbonyl (C=O) groups is 1. The monoisotopic (exact) mass is 277 g/mol. The molecule has 0 atom stereocenters. The van der Waals surface area contributed by atoms with Crippen LogP contribution < -0.4 is 5.32 Å². The minimum absolute atomic E-state index is 0.0208. The molecular weight excluding hydrogens is 254 g/mol. The molecule has 4 heteroatoms. The summed E-state index contributed by atoms with van der Waals surface area (Å²) in [6.07, 6.45) is 1.87. The van der Waals surface area contributed by atoms with Crippen molar-refractivity contribution in [3.63, 3.8) is 0 Å². The van der Waals surface area contributed by atoms with Crippen LogP contribution >= 0.6 is 0 Å². The van der Waals surface area contributed by atoms with Crippen LogP contribution in [0.15, 0.2) is 24.3 Å². The van der Waals surface area contributed by atoms with Crippen LogP contribution in [0, 0.1) is 6.92 Å². The Labute approximate surface area is 120 Å². The van der Waals surface area contributed by atoms with Gasteiger partial charge in [0.1, 0.15) is 6.61 Å². The number of ether oxygens (including phenoxy) is 2. The molecule has 20 heavy (non-hydrogen) atoms. The van der Waals surface area contributed by atoms with Gasteiger partial charge in [-0.2, -0.15) is 0 Å². The first-order valence-electron chi connectivity index (χ1n) is 7.07. The Bertz CT molecular complexity index is 453. The van der Waals surface area contributed by atoms with Crippen LogP contribution in [0.5, 0.6) is 0 Å². The van der Waals surface area contributed by atoms with Crippen LogP contribution in [-0.4, -0.2) is 39.4 Å². The van der Waals surface area contributed by atoms with Crippen molar-refractivity contribution in [2.75, 3.05) is 33.5 Å². The number of benzene rings is 1. The summed E-state index contributed by atoms with van der Waals surface area (Å²) in [4.78, 5) is 11.7. The minimum Gasteiger partial charge on any atom is -0.381 e. The topological polar surface area (TPSA) is 47.6 Å². The molecule has 0 saturated carbocycles. The maximum absolute atomic E-state index is 11.7. The lowest BCUT2D eigenvalue weighted by Crippen LogP contribution is -2.45. The second-order valence-electron chi connectivity index (χ2n) is 5.42. The highest BCUT2D eigenvalue weighted by Gasteiger charge is 2.35. The van der Waals surface area contributed by atoms with Gasteiger partial charge in [-0.3, -0.25) is 4.79 Å². The second-order valence-corrected chi connectivity index (χ2v) is 5.42. The van der Waals surface area contributed by atoms with Crippen LogP contribution in [0.2, 0.25) is 0 Å². The molecule has 1 N–H and O–H groups in total. The number of carbonyl (C=O) groups excluding carboxylic acids is 1. The van der Waals surface area contributed by atoms with Crippen molar-refractivity contribution in [2.45, 2.75) is 25.2 Å². The van der Waals surface area contributed by atoms with Crippen LogP contribution in [0.25, 0.3) is 0 Å². The van der Waals surface area contributed by atoms with Gasteiger partial charge >= 0.3 is 0 Å². The molecule has 0 aromatic heterocycles. The fourth-order valence-electron chi connectivity index (χ4n) is 2.92. The van der Waals surface area contributed by atoms with E-state index in [9.17, 15) is 4.79 Å². The number of hydrogen-bond donors (Lipinski definition) is 1. The lowest BCUT2D eigenvalue weighted by molar-refractivity contribution is -0.125. The molecule has 1 aliphatic heterocycles. The third kappa shape index (κ3) is 3.38. The average Bonchev–Trinajstić information content (AvgIpc) is 2.47. The quantitative estimate of drug-likeness (QED) is 0.893. The zero-order chi connectivity index (χ0) is 14.4. The predicted molar refractivity (Wildman–Crippen MR) is 77.8 cm³/mol. The van der Waals surface area contributed by atoms with E-state index in [0.29, 0.717) is 6.54 Å². The smallest absolute Gasteiger partial charge is 0.246 e. The summed E-state index contributed by atoms with van der Waals surface area (Å²) in [5.74, 6) is -0.0630. The number of hydrogen-bond acceptors (Lipinski definition) is 3. The molecule has 0 spiro atoms. The Balaban J connectivity index is 2.18. The maximum atomic E-state index is 11.7. The minimum atomic E-state index is -0.0630. The third-order valence-electron chi connectivity index (χ3n) is 4.07. The van der Waals surface area contributed by atoms with Crippen molar-refractivity contribution < 1.29 is 14.3 Å². The van der Waals surface area contributed by atoms with E-state index in [4.69, 9.17) is 9.47 Å². The van der Waals surface area contributed by atoms with Crippen molar-refractivity contribution in [1.29, 1.82) is 0 Å². The van der Waals surface area contributed by atoms with Crippen molar-refractivity contribution in [1.82, 2.24) is 5.32 Å². The van der Waals surface area contributed by atoms with Gasteiger partial charge in [0.15, 0.2) is 0 Å². The summed E-state index contributed by atoms with van der Waals surface area (Å²) in [5.41, 5.74) is 2.57. The van der Waals surface area contributed by atoms with Gasteiger partial charge in [-0.25, -0.2) is 0 Å². The number of aryl methyl sites for hydroxylation is 1. The van der Waals surface area contributed by atoms with E-state index in [1.165, 1.54) is 18.2 Å². The van der Waals surface area contributed by atoms with Crippen LogP contribution in [0.1, 0.15) is 24.0 Å². The SMILES string of the molecule is COCC(=O)NCC1(c2ccccc2C)CCOCC1. The predicted octanol–water partition coefficient (Wildman–Crippen LogP) is 1.81. The van der Waals surface area contributed by atoms with Gasteiger partial charge < -0.3 is 14.8 Å². The first-order valence-corrected chi connectivity index (χ1v) is 7.07. The zero-order valence-corrected chi connectivity index (χ0v) is 12.3. The zero-order valence-electron chi connectivity index (χ0n) is 12.3. The highest BCUT2D eigenvalue weighted by molar-refractivity contribution is 5.77. The second kappa shape index (κ2) is 6.86. The lowest BCUT2D eigenvalue weighted by atomic mass is 9.72. The highest BCUT2D eigenvalue weighted by atomic mass is 16.5. The Kier molecular flexibility index (Phi) is 5.15. The summed E-state index contributed by atoms with van der Waals surface area (Å²) in [7, 11) is 1.53. The van der Waals surface area contributed by atoms with Gasteiger partial charge in [0.25, 0.3) is 0 Å². The lowest BCUT2D eigenvalue weighted by Gasteiger charge is -2.39. The van der Waals surface area contributed by atoms with E-state index >= 15 is 0 Å². The fourth-order valence-corrected chi connectivity index (χ4v) is 2.92. The molecule has 2 rings (SSSR count). The molecule has 1 saturated heterocycles. The fraction of sp³-hybridized carbons (Fsp3) is 0.562. The third-order valence-corrected chi connectivity index (χ3v) is 4.07. The van der Waals surface area contributed by atoms with Gasteiger partial charge in [-0.1, -0.05) is 24.3 Å².